The SMILES string of the molecule is O=C(O)C1CCCN1C(=O)c1cc(C2CC2)c(OCC2CCC(C(F)(F)F)CC2)cc1F. The van der Waals surface area contributed by atoms with Crippen molar-refractivity contribution in [3.8, 4) is 5.75 Å². The molecule has 5 nitrogen and oxygen atoms in total. The Morgan fingerprint density at radius 3 is 2.34 bits per heavy atom. The van der Waals surface area contributed by atoms with E-state index in [1.54, 1.807) is 0 Å². The maximum absolute atomic E-state index is 14.9. The Kier molecular flexibility index (Phi) is 6.36. The zero-order chi connectivity index (χ0) is 23.0. The third-order valence-corrected chi connectivity index (χ3v) is 6.93. The number of aliphatic carboxylic acids is 1. The summed E-state index contributed by atoms with van der Waals surface area (Å²) in [5.41, 5.74) is 0.558. The van der Waals surface area contributed by atoms with E-state index in [1.807, 2.05) is 0 Å². The number of ether oxygens (including phenoxy) is 1. The number of hydrogen-bond acceptors (Lipinski definition) is 3. The van der Waals surface area contributed by atoms with Crippen molar-refractivity contribution in [3.63, 3.8) is 0 Å². The fraction of sp³-hybridized carbons (Fsp3) is 0.652. The molecule has 1 atom stereocenters. The van der Waals surface area contributed by atoms with E-state index in [0.717, 1.165) is 12.8 Å². The van der Waals surface area contributed by atoms with Crippen LogP contribution < -0.4 is 4.74 Å². The lowest BCUT2D eigenvalue weighted by Gasteiger charge is -2.30. The van der Waals surface area contributed by atoms with Gasteiger partial charge >= 0.3 is 12.1 Å². The first-order valence-electron chi connectivity index (χ1n) is 11.2. The number of benzene rings is 1. The summed E-state index contributed by atoms with van der Waals surface area (Å²) in [7, 11) is 0. The van der Waals surface area contributed by atoms with Crippen molar-refractivity contribution in [1.82, 2.24) is 4.90 Å². The van der Waals surface area contributed by atoms with Crippen LogP contribution in [-0.2, 0) is 4.79 Å². The topological polar surface area (TPSA) is 66.8 Å². The third kappa shape index (κ3) is 4.86. The van der Waals surface area contributed by atoms with Gasteiger partial charge < -0.3 is 14.7 Å². The Hall–Kier alpha value is -2.32. The Balaban J connectivity index is 1.46. The Morgan fingerprint density at radius 2 is 1.75 bits per heavy atom. The van der Waals surface area contributed by atoms with Gasteiger partial charge in [-0.05, 0) is 74.8 Å². The number of hydrogen-bond donors (Lipinski definition) is 1. The van der Waals surface area contributed by atoms with Crippen LogP contribution in [-0.4, -0.2) is 47.3 Å². The normalized spacial score (nSPS) is 26.2. The van der Waals surface area contributed by atoms with Crippen molar-refractivity contribution >= 4 is 11.9 Å². The van der Waals surface area contributed by atoms with E-state index < -0.39 is 35.8 Å². The highest BCUT2D eigenvalue weighted by molar-refractivity contribution is 5.97. The molecule has 32 heavy (non-hydrogen) atoms. The maximum atomic E-state index is 14.9. The smallest absolute Gasteiger partial charge is 0.391 e. The summed E-state index contributed by atoms with van der Waals surface area (Å²) in [6.45, 7) is 0.483. The quantitative estimate of drug-likeness (QED) is 0.601. The predicted octanol–water partition coefficient (Wildman–Crippen LogP) is 5.14. The standard InChI is InChI=1S/C23H27F4NO4/c24-18-11-20(32-12-13-3-7-15(8-4-13)23(25,26)27)16(14-5-6-14)10-17(18)21(29)28-9-1-2-19(28)22(30)31/h10-11,13-15,19H,1-9,12H2,(H,30,31). The summed E-state index contributed by atoms with van der Waals surface area (Å²) in [4.78, 5) is 25.5. The van der Waals surface area contributed by atoms with Gasteiger partial charge in [-0.2, -0.15) is 13.2 Å². The molecule has 1 heterocycles. The molecular weight excluding hydrogens is 430 g/mol. The van der Waals surface area contributed by atoms with Crippen LogP contribution in [0.15, 0.2) is 12.1 Å². The fourth-order valence-electron chi connectivity index (χ4n) is 4.86. The van der Waals surface area contributed by atoms with Crippen LogP contribution >= 0.6 is 0 Å². The monoisotopic (exact) mass is 457 g/mol. The largest absolute Gasteiger partial charge is 0.493 e. The molecule has 0 aromatic heterocycles. The minimum absolute atomic E-state index is 0.0223. The second kappa shape index (κ2) is 8.90. The molecule has 1 saturated heterocycles. The van der Waals surface area contributed by atoms with E-state index in [-0.39, 0.29) is 43.4 Å². The zero-order valence-electron chi connectivity index (χ0n) is 17.7. The molecule has 2 aliphatic carbocycles. The van der Waals surface area contributed by atoms with Crippen LogP contribution in [0.1, 0.15) is 73.2 Å². The highest BCUT2D eigenvalue weighted by atomic mass is 19.4. The Morgan fingerprint density at radius 1 is 1.06 bits per heavy atom. The molecule has 3 fully saturated rings. The van der Waals surface area contributed by atoms with Crippen LogP contribution in [0.4, 0.5) is 17.6 Å². The maximum Gasteiger partial charge on any atom is 0.391 e. The zero-order valence-corrected chi connectivity index (χ0v) is 17.7. The van der Waals surface area contributed by atoms with Gasteiger partial charge in [-0.3, -0.25) is 4.79 Å². The minimum Gasteiger partial charge on any atom is -0.493 e. The number of carboxylic acid groups (broad SMARTS) is 1. The average Bonchev–Trinajstić information content (AvgIpc) is 3.46. The van der Waals surface area contributed by atoms with Crippen molar-refractivity contribution < 1.29 is 37.0 Å². The van der Waals surface area contributed by atoms with Crippen LogP contribution in [0.5, 0.6) is 5.75 Å². The minimum atomic E-state index is -4.16. The summed E-state index contributed by atoms with van der Waals surface area (Å²) in [6.07, 6.45) is -0.521. The lowest BCUT2D eigenvalue weighted by atomic mass is 9.82. The molecule has 0 spiro atoms. The predicted molar refractivity (Wildman–Crippen MR) is 107 cm³/mol. The van der Waals surface area contributed by atoms with Gasteiger partial charge in [0.05, 0.1) is 18.1 Å². The number of carbonyl (C=O) groups excluding carboxylic acids is 1. The highest BCUT2D eigenvalue weighted by Crippen LogP contribution is 2.46. The fourth-order valence-corrected chi connectivity index (χ4v) is 4.86. The van der Waals surface area contributed by atoms with Crippen molar-refractivity contribution in [2.24, 2.45) is 11.8 Å². The number of carboxylic acids is 1. The number of nitrogens with zero attached hydrogens (tertiary/aromatic N) is 1. The van der Waals surface area contributed by atoms with Gasteiger partial charge in [0, 0.05) is 12.6 Å². The van der Waals surface area contributed by atoms with E-state index in [2.05, 4.69) is 0 Å². The van der Waals surface area contributed by atoms with Crippen molar-refractivity contribution in [2.45, 2.75) is 69.5 Å². The first kappa shape index (κ1) is 22.9. The number of alkyl halides is 3. The van der Waals surface area contributed by atoms with Gasteiger partial charge in [0.1, 0.15) is 17.6 Å². The molecule has 1 aromatic carbocycles. The molecule has 1 N–H and O–H groups in total. The van der Waals surface area contributed by atoms with E-state index in [9.17, 15) is 32.3 Å². The molecule has 176 valence electrons. The van der Waals surface area contributed by atoms with E-state index in [1.165, 1.54) is 17.0 Å². The second-order valence-electron chi connectivity index (χ2n) is 9.21. The lowest BCUT2D eigenvalue weighted by Crippen LogP contribution is -2.40. The molecule has 2 saturated carbocycles. The van der Waals surface area contributed by atoms with Gasteiger partial charge in [0.15, 0.2) is 0 Å². The molecule has 3 aliphatic rings. The molecule has 1 aliphatic heterocycles. The Bertz CT molecular complexity index is 875. The van der Waals surface area contributed by atoms with E-state index in [0.29, 0.717) is 37.0 Å². The average molecular weight is 457 g/mol. The van der Waals surface area contributed by atoms with Gasteiger partial charge in [-0.25, -0.2) is 9.18 Å². The van der Waals surface area contributed by atoms with Crippen LogP contribution in [0, 0.1) is 17.7 Å². The number of carbonyl (C=O) groups is 2. The van der Waals surface area contributed by atoms with Gasteiger partial charge in [-0.1, -0.05) is 0 Å². The summed E-state index contributed by atoms with van der Waals surface area (Å²) in [5, 5.41) is 9.33. The number of halogens is 4. The molecule has 1 unspecified atom stereocenters. The van der Waals surface area contributed by atoms with E-state index in [4.69, 9.17) is 4.74 Å². The number of rotatable bonds is 6. The molecule has 0 radical (unpaired) electrons. The van der Waals surface area contributed by atoms with Gasteiger partial charge in [0.2, 0.25) is 0 Å². The second-order valence-corrected chi connectivity index (χ2v) is 9.21. The first-order valence-corrected chi connectivity index (χ1v) is 11.2. The summed E-state index contributed by atoms with van der Waals surface area (Å²) >= 11 is 0. The number of likely N-dealkylation sites (tertiary alicyclic amines) is 1. The van der Waals surface area contributed by atoms with Gasteiger partial charge in [0.25, 0.3) is 5.91 Å². The molecule has 4 rings (SSSR count). The summed E-state index contributed by atoms with van der Waals surface area (Å²) in [6, 6.07) is 1.70. The molecule has 1 amide bonds. The van der Waals surface area contributed by atoms with Crippen molar-refractivity contribution in [1.29, 1.82) is 0 Å². The molecule has 9 heteroatoms. The molecule has 1 aromatic rings. The van der Waals surface area contributed by atoms with Crippen LogP contribution in [0.2, 0.25) is 0 Å². The van der Waals surface area contributed by atoms with Crippen molar-refractivity contribution in [3.05, 3.63) is 29.1 Å². The Labute approximate surface area is 183 Å². The van der Waals surface area contributed by atoms with Crippen LogP contribution in [0.25, 0.3) is 0 Å². The molecular formula is C23H27F4NO4. The van der Waals surface area contributed by atoms with Crippen LogP contribution in [0.3, 0.4) is 0 Å². The molecule has 0 bridgehead atoms. The number of amides is 1. The third-order valence-electron chi connectivity index (χ3n) is 6.93. The lowest BCUT2D eigenvalue weighted by molar-refractivity contribution is -0.184. The summed E-state index contributed by atoms with van der Waals surface area (Å²) in [5.74, 6) is -3.31. The summed E-state index contributed by atoms with van der Waals surface area (Å²) < 4.78 is 59.3. The van der Waals surface area contributed by atoms with Gasteiger partial charge in [-0.15, -0.1) is 0 Å². The highest BCUT2D eigenvalue weighted by Gasteiger charge is 2.41. The first-order chi connectivity index (χ1) is 15.1. The van der Waals surface area contributed by atoms with Crippen molar-refractivity contribution in [2.75, 3.05) is 13.2 Å². The van der Waals surface area contributed by atoms with E-state index >= 15 is 0 Å².